The third-order valence-corrected chi connectivity index (χ3v) is 3.43. The van der Waals surface area contributed by atoms with Crippen molar-refractivity contribution in [1.82, 2.24) is 10.6 Å². The summed E-state index contributed by atoms with van der Waals surface area (Å²) in [5.74, 6) is -1.27. The first-order chi connectivity index (χ1) is 11.5. The summed E-state index contributed by atoms with van der Waals surface area (Å²) < 4.78 is 0. The van der Waals surface area contributed by atoms with Crippen molar-refractivity contribution in [2.24, 2.45) is 5.73 Å². The summed E-state index contributed by atoms with van der Waals surface area (Å²) >= 11 is 5.81. The number of rotatable bonds is 6. The summed E-state index contributed by atoms with van der Waals surface area (Å²) in [6.07, 6.45) is 0. The molecule has 7 heteroatoms. The quantitative estimate of drug-likeness (QED) is 0.739. The van der Waals surface area contributed by atoms with E-state index >= 15 is 0 Å². The summed E-state index contributed by atoms with van der Waals surface area (Å²) in [6, 6.07) is 13.1. The van der Waals surface area contributed by atoms with E-state index in [1.165, 1.54) is 6.07 Å². The predicted octanol–water partition coefficient (Wildman–Crippen LogP) is 1.49. The molecule has 2 aromatic rings. The fourth-order valence-corrected chi connectivity index (χ4v) is 2.18. The molecule has 0 unspecified atom stereocenters. The van der Waals surface area contributed by atoms with E-state index < -0.39 is 5.91 Å². The van der Waals surface area contributed by atoms with Gasteiger partial charge in [0.15, 0.2) is 0 Å². The fourth-order valence-electron chi connectivity index (χ4n) is 1.99. The summed E-state index contributed by atoms with van der Waals surface area (Å²) in [4.78, 5) is 34.8. The Balaban J connectivity index is 1.82. The van der Waals surface area contributed by atoms with Crippen LogP contribution in [0.1, 0.15) is 26.3 Å². The molecular weight excluding hydrogens is 330 g/mol. The van der Waals surface area contributed by atoms with E-state index in [0.29, 0.717) is 16.1 Å². The van der Waals surface area contributed by atoms with Crippen molar-refractivity contribution >= 4 is 29.3 Å². The molecule has 0 saturated carbocycles. The van der Waals surface area contributed by atoms with Crippen LogP contribution in [0.15, 0.2) is 48.5 Å². The van der Waals surface area contributed by atoms with Gasteiger partial charge < -0.3 is 16.4 Å². The first-order valence-electron chi connectivity index (χ1n) is 7.15. The maximum Gasteiger partial charge on any atom is 0.251 e. The number of carbonyl (C=O) groups excluding carboxylic acids is 3. The minimum atomic E-state index is -0.531. The molecule has 124 valence electrons. The summed E-state index contributed by atoms with van der Waals surface area (Å²) in [6.45, 7) is 0.0633. The van der Waals surface area contributed by atoms with Crippen LogP contribution in [0.4, 0.5) is 0 Å². The Morgan fingerprint density at radius 3 is 2.38 bits per heavy atom. The van der Waals surface area contributed by atoms with E-state index in [4.69, 9.17) is 17.3 Å². The number of hydrogen-bond acceptors (Lipinski definition) is 3. The first-order valence-corrected chi connectivity index (χ1v) is 7.52. The Bertz CT molecular complexity index is 777. The molecule has 0 heterocycles. The summed E-state index contributed by atoms with van der Waals surface area (Å²) in [5.41, 5.74) is 6.69. The Labute approximate surface area is 144 Å². The number of benzene rings is 2. The van der Waals surface area contributed by atoms with Crippen molar-refractivity contribution in [2.75, 3.05) is 6.54 Å². The van der Waals surface area contributed by atoms with E-state index in [2.05, 4.69) is 10.6 Å². The maximum atomic E-state index is 11.9. The minimum Gasteiger partial charge on any atom is -0.366 e. The molecule has 6 nitrogen and oxygen atoms in total. The largest absolute Gasteiger partial charge is 0.366 e. The van der Waals surface area contributed by atoms with Gasteiger partial charge in [-0.1, -0.05) is 29.8 Å². The maximum absolute atomic E-state index is 11.9. The Morgan fingerprint density at radius 1 is 0.958 bits per heavy atom. The van der Waals surface area contributed by atoms with Gasteiger partial charge in [0.1, 0.15) is 0 Å². The van der Waals surface area contributed by atoms with Gasteiger partial charge in [0, 0.05) is 22.7 Å². The highest BCUT2D eigenvalue weighted by Crippen LogP contribution is 2.10. The van der Waals surface area contributed by atoms with Gasteiger partial charge in [0.25, 0.3) is 5.91 Å². The van der Waals surface area contributed by atoms with Crippen LogP contribution < -0.4 is 16.4 Å². The van der Waals surface area contributed by atoms with Crippen LogP contribution in [0.2, 0.25) is 5.02 Å². The van der Waals surface area contributed by atoms with Crippen LogP contribution in [0, 0.1) is 0 Å². The summed E-state index contributed by atoms with van der Waals surface area (Å²) in [5, 5.41) is 5.61. The van der Waals surface area contributed by atoms with E-state index in [9.17, 15) is 14.4 Å². The van der Waals surface area contributed by atoms with Crippen LogP contribution in [-0.4, -0.2) is 24.3 Å². The molecule has 0 atom stereocenters. The third kappa shape index (κ3) is 5.10. The Morgan fingerprint density at radius 2 is 1.67 bits per heavy atom. The first kappa shape index (κ1) is 17.5. The fraction of sp³-hybridized carbons (Fsp3) is 0.118. The van der Waals surface area contributed by atoms with Gasteiger partial charge in [-0.25, -0.2) is 0 Å². The average molecular weight is 346 g/mol. The lowest BCUT2D eigenvalue weighted by molar-refractivity contribution is -0.120. The molecule has 0 saturated heterocycles. The van der Waals surface area contributed by atoms with Crippen molar-refractivity contribution < 1.29 is 14.4 Å². The predicted molar refractivity (Wildman–Crippen MR) is 90.6 cm³/mol. The number of carbonyl (C=O) groups is 3. The lowest BCUT2D eigenvalue weighted by Gasteiger charge is -2.08. The highest BCUT2D eigenvalue weighted by molar-refractivity contribution is 6.30. The number of nitrogens with two attached hydrogens (primary N) is 1. The molecule has 0 bridgehead atoms. The van der Waals surface area contributed by atoms with E-state index in [1.807, 2.05) is 0 Å². The van der Waals surface area contributed by atoms with Gasteiger partial charge in [-0.05, 0) is 35.9 Å². The third-order valence-electron chi connectivity index (χ3n) is 3.20. The Hall–Kier alpha value is -2.86. The van der Waals surface area contributed by atoms with Gasteiger partial charge in [-0.2, -0.15) is 0 Å². The second kappa shape index (κ2) is 8.12. The van der Waals surface area contributed by atoms with E-state index in [-0.39, 0.29) is 24.9 Å². The van der Waals surface area contributed by atoms with E-state index in [0.717, 1.165) is 5.56 Å². The monoisotopic (exact) mass is 345 g/mol. The topological polar surface area (TPSA) is 101 Å². The molecule has 0 aliphatic heterocycles. The number of amides is 3. The lowest BCUT2D eigenvalue weighted by Crippen LogP contribution is -2.36. The van der Waals surface area contributed by atoms with Gasteiger partial charge >= 0.3 is 0 Å². The molecular formula is C17H16ClN3O3. The average Bonchev–Trinajstić information content (AvgIpc) is 2.58. The van der Waals surface area contributed by atoms with Gasteiger partial charge in [-0.15, -0.1) is 0 Å². The van der Waals surface area contributed by atoms with Crippen molar-refractivity contribution in [3.63, 3.8) is 0 Å². The number of hydrogen-bond donors (Lipinski definition) is 3. The second-order valence-electron chi connectivity index (χ2n) is 5.03. The van der Waals surface area contributed by atoms with Gasteiger partial charge in [0.05, 0.1) is 6.54 Å². The van der Waals surface area contributed by atoms with Crippen LogP contribution in [0.5, 0.6) is 0 Å². The van der Waals surface area contributed by atoms with Gasteiger partial charge in [-0.3, -0.25) is 14.4 Å². The number of halogens is 1. The highest BCUT2D eigenvalue weighted by Gasteiger charge is 2.08. The van der Waals surface area contributed by atoms with Crippen molar-refractivity contribution in [3.8, 4) is 0 Å². The SMILES string of the molecule is NC(=O)c1cccc(CNC(=O)CNC(=O)c2cccc(Cl)c2)c1. The van der Waals surface area contributed by atoms with Crippen molar-refractivity contribution in [1.29, 1.82) is 0 Å². The molecule has 2 aromatic carbocycles. The normalized spacial score (nSPS) is 10.0. The smallest absolute Gasteiger partial charge is 0.251 e. The molecule has 0 aliphatic rings. The molecule has 4 N–H and O–H groups in total. The Kier molecular flexibility index (Phi) is 5.92. The molecule has 24 heavy (non-hydrogen) atoms. The van der Waals surface area contributed by atoms with Crippen molar-refractivity contribution in [3.05, 3.63) is 70.2 Å². The molecule has 0 aromatic heterocycles. The zero-order valence-electron chi connectivity index (χ0n) is 12.7. The highest BCUT2D eigenvalue weighted by atomic mass is 35.5. The molecule has 0 radical (unpaired) electrons. The second-order valence-corrected chi connectivity index (χ2v) is 5.47. The van der Waals surface area contributed by atoms with Crippen LogP contribution in [0.25, 0.3) is 0 Å². The van der Waals surface area contributed by atoms with E-state index in [1.54, 1.807) is 42.5 Å². The van der Waals surface area contributed by atoms with Gasteiger partial charge in [0.2, 0.25) is 11.8 Å². The minimum absolute atomic E-state index is 0.166. The van der Waals surface area contributed by atoms with Crippen molar-refractivity contribution in [2.45, 2.75) is 6.54 Å². The number of primary amides is 1. The molecule has 3 amide bonds. The number of nitrogens with one attached hydrogen (secondary N) is 2. The molecule has 0 aliphatic carbocycles. The van der Waals surface area contributed by atoms with Crippen LogP contribution in [-0.2, 0) is 11.3 Å². The molecule has 0 fully saturated rings. The molecule has 2 rings (SSSR count). The van der Waals surface area contributed by atoms with Crippen LogP contribution in [0.3, 0.4) is 0 Å². The summed E-state index contributed by atoms with van der Waals surface area (Å²) in [7, 11) is 0. The lowest BCUT2D eigenvalue weighted by atomic mass is 10.1. The van der Waals surface area contributed by atoms with Crippen LogP contribution >= 0.6 is 11.6 Å². The zero-order valence-corrected chi connectivity index (χ0v) is 13.5. The zero-order chi connectivity index (χ0) is 17.5. The molecule has 0 spiro atoms. The standard InChI is InChI=1S/C17H16ClN3O3/c18-14-6-2-5-13(8-14)17(24)21-10-15(22)20-9-11-3-1-4-12(7-11)16(19)23/h1-8H,9-10H2,(H2,19,23)(H,20,22)(H,21,24).